The average Bonchev–Trinajstić information content (AvgIpc) is 2.73. The number of carbonyl (C=O) groups excluding carboxylic acids is 1. The molecule has 7 nitrogen and oxygen atoms in total. The number of hydrogen-bond donors (Lipinski definition) is 1. The molecule has 7 heteroatoms. The largest absolute Gasteiger partial charge is 0.366 e. The topological polar surface area (TPSA) is 89.4 Å². The molecule has 0 saturated heterocycles. The molecule has 0 unspecified atom stereocenters. The molecule has 0 aliphatic carbocycles. The summed E-state index contributed by atoms with van der Waals surface area (Å²) in [6.07, 6.45) is 0. The SMILES string of the molecule is CCN(CC)C(=O)c1cc(C)c2nnc(N)n2n1. The van der Waals surface area contributed by atoms with Crippen LogP contribution in [0, 0.1) is 6.92 Å². The van der Waals surface area contributed by atoms with E-state index in [1.165, 1.54) is 4.52 Å². The van der Waals surface area contributed by atoms with E-state index in [9.17, 15) is 4.79 Å². The lowest BCUT2D eigenvalue weighted by Gasteiger charge is -2.18. The number of rotatable bonds is 3. The molecule has 2 N–H and O–H groups in total. The van der Waals surface area contributed by atoms with Crippen molar-refractivity contribution in [2.75, 3.05) is 18.8 Å². The van der Waals surface area contributed by atoms with Gasteiger partial charge in [-0.25, -0.2) is 0 Å². The monoisotopic (exact) mass is 248 g/mol. The quantitative estimate of drug-likeness (QED) is 0.854. The van der Waals surface area contributed by atoms with E-state index in [0.29, 0.717) is 24.4 Å². The summed E-state index contributed by atoms with van der Waals surface area (Å²) in [5.74, 6) is 0.0698. The van der Waals surface area contributed by atoms with E-state index < -0.39 is 0 Å². The van der Waals surface area contributed by atoms with Gasteiger partial charge in [-0.3, -0.25) is 4.79 Å². The Hall–Kier alpha value is -2.18. The lowest BCUT2D eigenvalue weighted by molar-refractivity contribution is 0.0765. The minimum absolute atomic E-state index is 0.113. The number of hydrogen-bond acceptors (Lipinski definition) is 5. The van der Waals surface area contributed by atoms with Crippen LogP contribution in [-0.4, -0.2) is 43.7 Å². The summed E-state index contributed by atoms with van der Waals surface area (Å²) < 4.78 is 1.39. The molecule has 0 aliphatic heterocycles. The third kappa shape index (κ3) is 1.87. The summed E-state index contributed by atoms with van der Waals surface area (Å²) in [5, 5.41) is 11.8. The highest BCUT2D eigenvalue weighted by Gasteiger charge is 2.17. The van der Waals surface area contributed by atoms with Gasteiger partial charge in [-0.2, -0.15) is 9.61 Å². The summed E-state index contributed by atoms with van der Waals surface area (Å²) >= 11 is 0. The van der Waals surface area contributed by atoms with Crippen molar-refractivity contribution in [3.8, 4) is 0 Å². The average molecular weight is 248 g/mol. The molecule has 0 aliphatic rings. The Kier molecular flexibility index (Phi) is 3.14. The van der Waals surface area contributed by atoms with E-state index in [2.05, 4.69) is 15.3 Å². The van der Waals surface area contributed by atoms with E-state index in [0.717, 1.165) is 5.56 Å². The first-order valence-electron chi connectivity index (χ1n) is 5.86. The van der Waals surface area contributed by atoms with Gasteiger partial charge in [0.1, 0.15) is 5.69 Å². The fourth-order valence-corrected chi connectivity index (χ4v) is 1.82. The summed E-state index contributed by atoms with van der Waals surface area (Å²) in [6.45, 7) is 7.00. The molecule has 2 heterocycles. The molecular formula is C11H16N6O. The van der Waals surface area contributed by atoms with Crippen molar-refractivity contribution < 1.29 is 4.79 Å². The van der Waals surface area contributed by atoms with Crippen LogP contribution in [0.2, 0.25) is 0 Å². The van der Waals surface area contributed by atoms with Crippen LogP contribution >= 0.6 is 0 Å². The van der Waals surface area contributed by atoms with Gasteiger partial charge in [-0.15, -0.1) is 10.2 Å². The smallest absolute Gasteiger partial charge is 0.274 e. The van der Waals surface area contributed by atoms with Gasteiger partial charge in [0.2, 0.25) is 5.95 Å². The number of amides is 1. The molecule has 1 amide bonds. The highest BCUT2D eigenvalue weighted by atomic mass is 16.2. The molecule has 2 rings (SSSR count). The highest BCUT2D eigenvalue weighted by Crippen LogP contribution is 2.12. The normalized spacial score (nSPS) is 10.8. The van der Waals surface area contributed by atoms with Gasteiger partial charge in [0.25, 0.3) is 5.91 Å². The minimum atomic E-state index is -0.113. The predicted molar refractivity (Wildman–Crippen MR) is 67.2 cm³/mol. The molecule has 0 spiro atoms. The minimum Gasteiger partial charge on any atom is -0.366 e. The number of nitrogen functional groups attached to an aromatic ring is 1. The molecule has 96 valence electrons. The number of aromatic nitrogens is 4. The number of anilines is 1. The van der Waals surface area contributed by atoms with E-state index in [-0.39, 0.29) is 11.9 Å². The maximum absolute atomic E-state index is 12.2. The maximum Gasteiger partial charge on any atom is 0.274 e. The van der Waals surface area contributed by atoms with Gasteiger partial charge in [-0.1, -0.05) is 0 Å². The van der Waals surface area contributed by atoms with Crippen LogP contribution < -0.4 is 5.73 Å². The van der Waals surface area contributed by atoms with Crippen LogP contribution in [0.15, 0.2) is 6.07 Å². The Balaban J connectivity index is 2.52. The van der Waals surface area contributed by atoms with E-state index in [1.54, 1.807) is 11.0 Å². The molecule has 0 radical (unpaired) electrons. The van der Waals surface area contributed by atoms with Gasteiger partial charge < -0.3 is 10.6 Å². The van der Waals surface area contributed by atoms with Crippen molar-refractivity contribution in [2.24, 2.45) is 0 Å². The third-order valence-electron chi connectivity index (χ3n) is 2.85. The first kappa shape index (κ1) is 12.3. The lowest BCUT2D eigenvalue weighted by atomic mass is 10.2. The summed E-state index contributed by atoms with van der Waals surface area (Å²) in [7, 11) is 0. The fourth-order valence-electron chi connectivity index (χ4n) is 1.82. The molecule has 2 aromatic rings. The number of aryl methyl sites for hydroxylation is 1. The second-order valence-corrected chi connectivity index (χ2v) is 3.98. The second-order valence-electron chi connectivity index (χ2n) is 3.98. The van der Waals surface area contributed by atoms with Crippen molar-refractivity contribution in [3.63, 3.8) is 0 Å². The van der Waals surface area contributed by atoms with Gasteiger partial charge in [-0.05, 0) is 32.4 Å². The first-order valence-corrected chi connectivity index (χ1v) is 5.86. The number of nitrogens with zero attached hydrogens (tertiary/aromatic N) is 5. The molecule has 18 heavy (non-hydrogen) atoms. The van der Waals surface area contributed by atoms with E-state index in [4.69, 9.17) is 5.73 Å². The Labute approximate surface area is 105 Å². The fraction of sp³-hybridized carbons (Fsp3) is 0.455. The summed E-state index contributed by atoms with van der Waals surface area (Å²) in [5.41, 5.74) is 7.41. The van der Waals surface area contributed by atoms with Crippen LogP contribution in [0.3, 0.4) is 0 Å². The molecule has 0 fully saturated rings. The zero-order chi connectivity index (χ0) is 13.3. The van der Waals surface area contributed by atoms with Crippen LogP contribution in [0.1, 0.15) is 29.9 Å². The highest BCUT2D eigenvalue weighted by molar-refractivity contribution is 5.92. The van der Waals surface area contributed by atoms with Crippen molar-refractivity contribution in [2.45, 2.75) is 20.8 Å². The Morgan fingerprint density at radius 3 is 2.67 bits per heavy atom. The molecule has 2 aromatic heterocycles. The maximum atomic E-state index is 12.2. The molecular weight excluding hydrogens is 232 g/mol. The molecule has 0 saturated carbocycles. The van der Waals surface area contributed by atoms with Gasteiger partial charge in [0.15, 0.2) is 5.65 Å². The first-order chi connectivity index (χ1) is 8.58. The lowest BCUT2D eigenvalue weighted by Crippen LogP contribution is -2.31. The van der Waals surface area contributed by atoms with Crippen LogP contribution in [0.25, 0.3) is 5.65 Å². The van der Waals surface area contributed by atoms with Crippen molar-refractivity contribution in [3.05, 3.63) is 17.3 Å². The summed E-state index contributed by atoms with van der Waals surface area (Å²) in [6, 6.07) is 1.71. The van der Waals surface area contributed by atoms with E-state index in [1.807, 2.05) is 20.8 Å². The zero-order valence-corrected chi connectivity index (χ0v) is 10.7. The van der Waals surface area contributed by atoms with Crippen molar-refractivity contribution >= 4 is 17.5 Å². The van der Waals surface area contributed by atoms with Gasteiger partial charge in [0, 0.05) is 13.1 Å². The number of fused-ring (bicyclic) bond motifs is 1. The van der Waals surface area contributed by atoms with Gasteiger partial charge >= 0.3 is 0 Å². The van der Waals surface area contributed by atoms with Crippen LogP contribution in [0.4, 0.5) is 5.95 Å². The number of nitrogens with two attached hydrogens (primary N) is 1. The van der Waals surface area contributed by atoms with E-state index >= 15 is 0 Å². The van der Waals surface area contributed by atoms with Crippen LogP contribution in [-0.2, 0) is 0 Å². The Bertz CT molecular complexity index is 586. The Morgan fingerprint density at radius 1 is 1.39 bits per heavy atom. The third-order valence-corrected chi connectivity index (χ3v) is 2.85. The molecule has 0 aromatic carbocycles. The molecule has 0 bridgehead atoms. The zero-order valence-electron chi connectivity index (χ0n) is 10.7. The van der Waals surface area contributed by atoms with Crippen LogP contribution in [0.5, 0.6) is 0 Å². The van der Waals surface area contributed by atoms with Crippen molar-refractivity contribution in [1.29, 1.82) is 0 Å². The predicted octanol–water partition coefficient (Wildman–Crippen LogP) is 0.497. The molecule has 0 atom stereocenters. The standard InChI is InChI=1S/C11H16N6O/c1-4-16(5-2)10(18)8-6-7(3)9-13-14-11(12)17(9)15-8/h6H,4-5H2,1-3H3,(H2,12,14). The number of carbonyl (C=O) groups is 1. The Morgan fingerprint density at radius 2 is 2.06 bits per heavy atom. The van der Waals surface area contributed by atoms with Crippen molar-refractivity contribution in [1.82, 2.24) is 24.7 Å². The summed E-state index contributed by atoms with van der Waals surface area (Å²) in [4.78, 5) is 13.9. The van der Waals surface area contributed by atoms with Gasteiger partial charge in [0.05, 0.1) is 0 Å². The second kappa shape index (κ2) is 4.59.